The highest BCUT2D eigenvalue weighted by Crippen LogP contribution is 2.64. The molecule has 2 bridgehead atoms. The summed E-state index contributed by atoms with van der Waals surface area (Å²) in [5, 5.41) is 9.46. The van der Waals surface area contributed by atoms with Crippen LogP contribution in [0.3, 0.4) is 0 Å². The summed E-state index contributed by atoms with van der Waals surface area (Å²) in [6, 6.07) is 0. The van der Waals surface area contributed by atoms with Gasteiger partial charge in [-0.05, 0) is 41.9 Å². The smallest absolute Gasteiger partial charge is 0.154 e. The van der Waals surface area contributed by atoms with Crippen LogP contribution in [0.5, 0.6) is 0 Å². The zero-order chi connectivity index (χ0) is 9.92. The van der Waals surface area contributed by atoms with Gasteiger partial charge in [-0.2, -0.15) is 0 Å². The summed E-state index contributed by atoms with van der Waals surface area (Å²) in [4.78, 5) is 0. The Morgan fingerprint density at radius 3 is 2.71 bits per heavy atom. The molecule has 0 radical (unpaired) electrons. The number of aliphatic hydroxyl groups excluding tert-OH is 1. The molecule has 1 aliphatic heterocycles. The third kappa shape index (κ3) is 1.04. The van der Waals surface area contributed by atoms with Gasteiger partial charge in [0, 0.05) is 6.42 Å². The van der Waals surface area contributed by atoms with Gasteiger partial charge in [-0.1, -0.05) is 13.8 Å². The van der Waals surface area contributed by atoms with Gasteiger partial charge in [0.15, 0.2) is 6.29 Å². The summed E-state index contributed by atoms with van der Waals surface area (Å²) in [6.07, 6.45) is 3.15. The molecule has 4 aliphatic rings. The van der Waals surface area contributed by atoms with E-state index >= 15 is 0 Å². The maximum atomic E-state index is 9.46. The number of hydrogen-bond acceptors (Lipinski definition) is 2. The van der Waals surface area contributed by atoms with E-state index in [0.29, 0.717) is 5.41 Å². The fraction of sp³-hybridized carbons (Fsp3) is 1.00. The molecule has 1 N–H and O–H groups in total. The number of rotatable bonds is 0. The predicted molar refractivity (Wildman–Crippen MR) is 53.6 cm³/mol. The molecule has 5 atom stereocenters. The molecule has 0 aromatic rings. The van der Waals surface area contributed by atoms with E-state index < -0.39 is 6.29 Å². The highest BCUT2D eigenvalue weighted by molar-refractivity contribution is 5.06. The fourth-order valence-corrected chi connectivity index (χ4v) is 4.12. The molecule has 0 aromatic heterocycles. The third-order valence-corrected chi connectivity index (χ3v) is 5.24. The molecule has 3 aliphatic carbocycles. The van der Waals surface area contributed by atoms with Gasteiger partial charge in [0.25, 0.3) is 0 Å². The Morgan fingerprint density at radius 2 is 2.00 bits per heavy atom. The Morgan fingerprint density at radius 1 is 1.21 bits per heavy atom. The van der Waals surface area contributed by atoms with Crippen LogP contribution >= 0.6 is 0 Å². The van der Waals surface area contributed by atoms with Crippen molar-refractivity contribution in [2.75, 3.05) is 6.61 Å². The zero-order valence-electron chi connectivity index (χ0n) is 9.07. The van der Waals surface area contributed by atoms with E-state index in [9.17, 15) is 5.11 Å². The second-order valence-electron chi connectivity index (χ2n) is 6.04. The van der Waals surface area contributed by atoms with Crippen molar-refractivity contribution < 1.29 is 9.84 Å². The number of ether oxygens (including phenoxy) is 1. The van der Waals surface area contributed by atoms with E-state index in [-0.39, 0.29) is 0 Å². The molecule has 4 fully saturated rings. The van der Waals surface area contributed by atoms with Crippen molar-refractivity contribution >= 4 is 0 Å². The second kappa shape index (κ2) is 2.73. The van der Waals surface area contributed by atoms with Gasteiger partial charge in [0.05, 0.1) is 6.61 Å². The quantitative estimate of drug-likeness (QED) is 0.642. The van der Waals surface area contributed by atoms with E-state index in [1.54, 1.807) is 0 Å². The number of aliphatic hydroxyl groups is 1. The van der Waals surface area contributed by atoms with Gasteiger partial charge in [-0.15, -0.1) is 0 Å². The Balaban J connectivity index is 1.79. The summed E-state index contributed by atoms with van der Waals surface area (Å²) in [5.74, 6) is 3.26. The Bertz CT molecular complexity index is 249. The van der Waals surface area contributed by atoms with Crippen molar-refractivity contribution in [3.8, 4) is 0 Å². The molecule has 0 amide bonds. The summed E-state index contributed by atoms with van der Waals surface area (Å²) < 4.78 is 5.39. The third-order valence-electron chi connectivity index (χ3n) is 5.24. The monoisotopic (exact) mass is 196 g/mol. The summed E-state index contributed by atoms with van der Waals surface area (Å²) >= 11 is 0. The highest BCUT2D eigenvalue weighted by Gasteiger charge is 2.58. The van der Waals surface area contributed by atoms with Gasteiger partial charge < -0.3 is 9.84 Å². The van der Waals surface area contributed by atoms with Crippen LogP contribution in [0.2, 0.25) is 0 Å². The largest absolute Gasteiger partial charge is 0.368 e. The van der Waals surface area contributed by atoms with Crippen LogP contribution in [0.25, 0.3) is 0 Å². The molecule has 1 heterocycles. The Hall–Kier alpha value is -0.0800. The normalized spacial score (nSPS) is 54.6. The molecular weight excluding hydrogens is 176 g/mol. The van der Waals surface area contributed by atoms with E-state index in [1.807, 2.05) is 0 Å². The Labute approximate surface area is 85.6 Å². The van der Waals surface area contributed by atoms with Crippen molar-refractivity contribution in [2.45, 2.75) is 39.4 Å². The molecule has 2 nitrogen and oxygen atoms in total. The summed E-state index contributed by atoms with van der Waals surface area (Å²) in [7, 11) is 0. The average molecular weight is 196 g/mol. The van der Waals surface area contributed by atoms with E-state index in [0.717, 1.165) is 36.7 Å². The fourth-order valence-electron chi connectivity index (χ4n) is 4.12. The van der Waals surface area contributed by atoms with Crippen LogP contribution in [-0.2, 0) is 4.74 Å². The van der Waals surface area contributed by atoms with Gasteiger partial charge in [-0.3, -0.25) is 0 Å². The predicted octanol–water partition coefficient (Wildman–Crippen LogP) is 2.02. The first-order chi connectivity index (χ1) is 6.59. The summed E-state index contributed by atoms with van der Waals surface area (Å²) in [6.45, 7) is 5.62. The van der Waals surface area contributed by atoms with Gasteiger partial charge in [0.1, 0.15) is 0 Å². The van der Waals surface area contributed by atoms with Crippen molar-refractivity contribution in [3.05, 3.63) is 0 Å². The minimum absolute atomic E-state index is 0.475. The second-order valence-corrected chi connectivity index (χ2v) is 6.04. The van der Waals surface area contributed by atoms with Gasteiger partial charge in [-0.25, -0.2) is 0 Å². The first-order valence-corrected chi connectivity index (χ1v) is 5.88. The SMILES string of the molecule is CC1(C)[C@H]2C[C@@H]3CC(O)OC[C@H]3[C@@H]1C2. The van der Waals surface area contributed by atoms with Crippen molar-refractivity contribution in [1.82, 2.24) is 0 Å². The molecular formula is C12H20O2. The standard InChI is InChI=1S/C12H20O2/c1-12(2)8-3-7-4-11(13)14-6-9(7)10(12)5-8/h7-11,13H,3-6H2,1-2H3/t7-,8+,9-,10+,11?/m1/s1. The lowest BCUT2D eigenvalue weighted by Gasteiger charge is -2.63. The maximum absolute atomic E-state index is 9.46. The van der Waals surface area contributed by atoms with E-state index in [1.165, 1.54) is 12.8 Å². The molecule has 1 saturated heterocycles. The Kier molecular flexibility index (Phi) is 1.79. The number of hydrogen-bond donors (Lipinski definition) is 1. The first kappa shape index (κ1) is 9.17. The first-order valence-electron chi connectivity index (χ1n) is 5.88. The minimum atomic E-state index is -0.475. The van der Waals surface area contributed by atoms with E-state index in [2.05, 4.69) is 13.8 Å². The van der Waals surface area contributed by atoms with E-state index in [4.69, 9.17) is 4.74 Å². The highest BCUT2D eigenvalue weighted by atomic mass is 16.6. The van der Waals surface area contributed by atoms with Crippen molar-refractivity contribution in [1.29, 1.82) is 0 Å². The molecule has 1 unspecified atom stereocenters. The molecule has 0 spiro atoms. The lowest BCUT2D eigenvalue weighted by molar-refractivity contribution is -0.229. The molecule has 4 rings (SSSR count). The van der Waals surface area contributed by atoms with Crippen LogP contribution in [0.15, 0.2) is 0 Å². The zero-order valence-corrected chi connectivity index (χ0v) is 9.07. The van der Waals surface area contributed by atoms with Crippen molar-refractivity contribution in [3.63, 3.8) is 0 Å². The summed E-state index contributed by atoms with van der Waals surface area (Å²) in [5.41, 5.74) is 0.548. The van der Waals surface area contributed by atoms with Crippen LogP contribution in [0, 0.1) is 29.1 Å². The lowest BCUT2D eigenvalue weighted by Crippen LogP contribution is -2.58. The van der Waals surface area contributed by atoms with Gasteiger partial charge >= 0.3 is 0 Å². The molecule has 14 heavy (non-hydrogen) atoms. The van der Waals surface area contributed by atoms with Gasteiger partial charge in [0.2, 0.25) is 0 Å². The molecule has 80 valence electrons. The van der Waals surface area contributed by atoms with Crippen LogP contribution in [0.1, 0.15) is 33.1 Å². The van der Waals surface area contributed by atoms with Crippen LogP contribution in [-0.4, -0.2) is 18.0 Å². The maximum Gasteiger partial charge on any atom is 0.154 e. The van der Waals surface area contributed by atoms with Crippen LogP contribution in [0.4, 0.5) is 0 Å². The van der Waals surface area contributed by atoms with Crippen LogP contribution < -0.4 is 0 Å². The molecule has 3 saturated carbocycles. The molecule has 0 aromatic carbocycles. The topological polar surface area (TPSA) is 29.5 Å². The van der Waals surface area contributed by atoms with Crippen molar-refractivity contribution in [2.24, 2.45) is 29.1 Å². The molecule has 2 heteroatoms. The average Bonchev–Trinajstić information content (AvgIpc) is 2.16. The lowest BCUT2D eigenvalue weighted by atomic mass is 9.43. The minimum Gasteiger partial charge on any atom is -0.368 e.